The van der Waals surface area contributed by atoms with Crippen LogP contribution in [0.15, 0.2) is 35.4 Å². The van der Waals surface area contributed by atoms with Crippen molar-refractivity contribution in [3.8, 4) is 0 Å². The van der Waals surface area contributed by atoms with Gasteiger partial charge in [0.1, 0.15) is 0 Å². The van der Waals surface area contributed by atoms with Crippen LogP contribution in [0.5, 0.6) is 0 Å². The molecule has 0 aliphatic heterocycles. The summed E-state index contributed by atoms with van der Waals surface area (Å²) in [6, 6.07) is 9.61. The van der Waals surface area contributed by atoms with Crippen LogP contribution < -0.4 is 0 Å². The van der Waals surface area contributed by atoms with E-state index in [-0.39, 0.29) is 0 Å². The summed E-state index contributed by atoms with van der Waals surface area (Å²) in [6.45, 7) is 0. The van der Waals surface area contributed by atoms with Gasteiger partial charge < -0.3 is 0 Å². The van der Waals surface area contributed by atoms with E-state index in [0.29, 0.717) is 6.41 Å². The van der Waals surface area contributed by atoms with Crippen molar-refractivity contribution in [2.24, 2.45) is 5.10 Å². The molecule has 0 aromatic heterocycles. The molecule has 1 aromatic carbocycles. The summed E-state index contributed by atoms with van der Waals surface area (Å²) in [6.07, 6.45) is 2.29. The first kappa shape index (κ1) is 8.46. The molecule has 0 aliphatic rings. The first-order chi connectivity index (χ1) is 5.83. The second-order valence-corrected chi connectivity index (χ2v) is 2.33. The summed E-state index contributed by atoms with van der Waals surface area (Å²) >= 11 is 0. The second-order valence-electron chi connectivity index (χ2n) is 2.33. The van der Waals surface area contributed by atoms with Gasteiger partial charge in [-0.3, -0.25) is 4.79 Å². The molecule has 1 amide bonds. The van der Waals surface area contributed by atoms with E-state index in [9.17, 15) is 4.79 Å². The Morgan fingerprint density at radius 1 is 1.33 bits per heavy atom. The third kappa shape index (κ3) is 2.54. The molecule has 0 radical (unpaired) electrons. The van der Waals surface area contributed by atoms with E-state index < -0.39 is 0 Å². The Morgan fingerprint density at radius 2 is 2.00 bits per heavy atom. The highest BCUT2D eigenvalue weighted by Crippen LogP contribution is 1.93. The number of nitrogens with zero attached hydrogens (tertiary/aromatic N) is 2. The van der Waals surface area contributed by atoms with Crippen LogP contribution in [0.4, 0.5) is 0 Å². The van der Waals surface area contributed by atoms with E-state index >= 15 is 0 Å². The minimum absolute atomic E-state index is 0.652. The lowest BCUT2D eigenvalue weighted by Crippen LogP contribution is -2.07. The fourth-order valence-electron chi connectivity index (χ4n) is 0.724. The maximum absolute atomic E-state index is 10.1. The summed E-state index contributed by atoms with van der Waals surface area (Å²) in [5, 5.41) is 5.07. The predicted octanol–water partition coefficient (Wildman–Crippen LogP) is 1.11. The molecule has 0 spiro atoms. The molecule has 1 rings (SSSR count). The van der Waals surface area contributed by atoms with Crippen LogP contribution in [0.2, 0.25) is 0 Å². The van der Waals surface area contributed by atoms with Gasteiger partial charge in [0.2, 0.25) is 6.41 Å². The van der Waals surface area contributed by atoms with Crippen molar-refractivity contribution in [2.45, 2.75) is 0 Å². The van der Waals surface area contributed by atoms with Gasteiger partial charge in [0.15, 0.2) is 0 Å². The molecule has 12 heavy (non-hydrogen) atoms. The largest absolute Gasteiger partial charge is 0.277 e. The van der Waals surface area contributed by atoms with Crippen LogP contribution in [0.1, 0.15) is 5.56 Å². The van der Waals surface area contributed by atoms with Gasteiger partial charge in [-0.25, -0.2) is 5.01 Å². The molecule has 0 unspecified atom stereocenters. The van der Waals surface area contributed by atoms with E-state index in [4.69, 9.17) is 0 Å². The third-order valence-corrected chi connectivity index (χ3v) is 1.34. The average Bonchev–Trinajstić information content (AvgIpc) is 2.16. The number of carbonyl (C=O) groups is 1. The molecular formula is C9H10N2O. The van der Waals surface area contributed by atoms with Crippen LogP contribution in [0.3, 0.4) is 0 Å². The molecule has 0 saturated heterocycles. The van der Waals surface area contributed by atoms with Crippen molar-refractivity contribution in [3.63, 3.8) is 0 Å². The molecule has 0 fully saturated rings. The topological polar surface area (TPSA) is 32.7 Å². The highest BCUT2D eigenvalue weighted by Gasteiger charge is 1.85. The van der Waals surface area contributed by atoms with Crippen molar-refractivity contribution >= 4 is 12.6 Å². The zero-order valence-corrected chi connectivity index (χ0v) is 6.84. The molecule has 1 aromatic rings. The Balaban J connectivity index is 2.63. The number of carbonyl (C=O) groups excluding carboxylic acids is 1. The lowest BCUT2D eigenvalue weighted by atomic mass is 10.2. The van der Waals surface area contributed by atoms with Gasteiger partial charge in [-0.1, -0.05) is 30.3 Å². The first-order valence-corrected chi connectivity index (χ1v) is 3.60. The summed E-state index contributed by atoms with van der Waals surface area (Å²) < 4.78 is 0. The highest BCUT2D eigenvalue weighted by atomic mass is 16.1. The first-order valence-electron chi connectivity index (χ1n) is 3.60. The van der Waals surface area contributed by atoms with Gasteiger partial charge >= 0.3 is 0 Å². The fourth-order valence-corrected chi connectivity index (χ4v) is 0.724. The number of hydrogen-bond acceptors (Lipinski definition) is 2. The van der Waals surface area contributed by atoms with Crippen molar-refractivity contribution in [1.29, 1.82) is 0 Å². The summed E-state index contributed by atoms with van der Waals surface area (Å²) in [4.78, 5) is 10.1. The number of benzene rings is 1. The molecule has 3 nitrogen and oxygen atoms in total. The zero-order chi connectivity index (χ0) is 8.81. The van der Waals surface area contributed by atoms with Crippen LogP contribution in [-0.2, 0) is 4.79 Å². The SMILES string of the molecule is CN(C=O)/N=C/c1ccccc1. The van der Waals surface area contributed by atoms with Crippen LogP contribution in [-0.4, -0.2) is 24.7 Å². The quantitative estimate of drug-likeness (QED) is 0.372. The normalized spacial score (nSPS) is 10.1. The summed E-state index contributed by atoms with van der Waals surface area (Å²) in [5.74, 6) is 0. The van der Waals surface area contributed by atoms with Crippen molar-refractivity contribution in [2.75, 3.05) is 7.05 Å². The Kier molecular flexibility index (Phi) is 3.02. The third-order valence-electron chi connectivity index (χ3n) is 1.34. The van der Waals surface area contributed by atoms with E-state index in [0.717, 1.165) is 5.56 Å². The highest BCUT2D eigenvalue weighted by molar-refractivity contribution is 5.79. The van der Waals surface area contributed by atoms with Crippen LogP contribution in [0, 0.1) is 0 Å². The molecule has 0 heterocycles. The van der Waals surface area contributed by atoms with Crippen molar-refractivity contribution < 1.29 is 4.79 Å². The molecule has 0 saturated carbocycles. The van der Waals surface area contributed by atoms with E-state index in [1.54, 1.807) is 13.3 Å². The number of amides is 1. The van der Waals surface area contributed by atoms with Crippen molar-refractivity contribution in [1.82, 2.24) is 5.01 Å². The van der Waals surface area contributed by atoms with Gasteiger partial charge in [-0.2, -0.15) is 5.10 Å². The van der Waals surface area contributed by atoms with E-state index in [2.05, 4.69) is 5.10 Å². The molecule has 0 N–H and O–H groups in total. The maximum atomic E-state index is 10.1. The van der Waals surface area contributed by atoms with Crippen molar-refractivity contribution in [3.05, 3.63) is 35.9 Å². The molecule has 0 bridgehead atoms. The average molecular weight is 162 g/mol. The lowest BCUT2D eigenvalue weighted by Gasteiger charge is -1.99. The Hall–Kier alpha value is -1.64. The second kappa shape index (κ2) is 4.28. The standard InChI is InChI=1S/C9H10N2O/c1-11(8-12)10-7-9-5-3-2-4-6-9/h2-8H,1H3/b10-7+. The monoisotopic (exact) mass is 162 g/mol. The Labute approximate surface area is 71.3 Å². The van der Waals surface area contributed by atoms with Gasteiger partial charge in [0, 0.05) is 7.05 Å². The van der Waals surface area contributed by atoms with Crippen LogP contribution in [0.25, 0.3) is 0 Å². The molecule has 0 aliphatic carbocycles. The molecular weight excluding hydrogens is 152 g/mol. The van der Waals surface area contributed by atoms with E-state index in [1.165, 1.54) is 5.01 Å². The lowest BCUT2D eigenvalue weighted by molar-refractivity contribution is -0.116. The smallest absolute Gasteiger partial charge is 0.229 e. The molecule has 62 valence electrons. The molecule has 3 heteroatoms. The van der Waals surface area contributed by atoms with Gasteiger partial charge in [0.05, 0.1) is 6.21 Å². The Morgan fingerprint density at radius 3 is 2.58 bits per heavy atom. The maximum Gasteiger partial charge on any atom is 0.229 e. The number of hydrogen-bond donors (Lipinski definition) is 0. The predicted molar refractivity (Wildman–Crippen MR) is 47.9 cm³/mol. The molecule has 0 atom stereocenters. The number of rotatable bonds is 3. The summed E-state index contributed by atoms with van der Waals surface area (Å²) in [7, 11) is 1.59. The zero-order valence-electron chi connectivity index (χ0n) is 6.84. The van der Waals surface area contributed by atoms with E-state index in [1.807, 2.05) is 30.3 Å². The number of hydrazone groups is 1. The van der Waals surface area contributed by atoms with Gasteiger partial charge in [-0.05, 0) is 5.56 Å². The van der Waals surface area contributed by atoms with Crippen LogP contribution >= 0.6 is 0 Å². The minimum atomic E-state index is 0.652. The summed E-state index contributed by atoms with van der Waals surface area (Å²) in [5.41, 5.74) is 0.978. The fraction of sp³-hybridized carbons (Fsp3) is 0.111. The Bertz CT molecular complexity index is 269. The minimum Gasteiger partial charge on any atom is -0.277 e. The van der Waals surface area contributed by atoms with Gasteiger partial charge in [0.25, 0.3) is 0 Å². The van der Waals surface area contributed by atoms with Gasteiger partial charge in [-0.15, -0.1) is 0 Å².